The number of cyclic esters (lactones) is 1. The molecule has 2 aromatic rings. The molecule has 0 radical (unpaired) electrons. The molecule has 3 aliphatic rings. The Morgan fingerprint density at radius 3 is 2.74 bits per heavy atom. The molecule has 0 spiro atoms. The van der Waals surface area contributed by atoms with Crippen molar-refractivity contribution in [2.45, 2.75) is 5.92 Å². The molecule has 138 valence electrons. The van der Waals surface area contributed by atoms with Crippen molar-refractivity contribution in [3.05, 3.63) is 64.6 Å². The topological polar surface area (TPSA) is 68.2 Å². The fourth-order valence-electron chi connectivity index (χ4n) is 4.02. The van der Waals surface area contributed by atoms with E-state index in [-0.39, 0.29) is 25.8 Å². The van der Waals surface area contributed by atoms with Crippen LogP contribution in [0.3, 0.4) is 0 Å². The number of carbonyl (C=O) groups excluding carboxylic acids is 1. The number of aliphatic hydroxyl groups excluding tert-OH is 1. The second-order valence-electron chi connectivity index (χ2n) is 6.56. The highest BCUT2D eigenvalue weighted by Crippen LogP contribution is 2.51. The molecule has 0 aliphatic carbocycles. The van der Waals surface area contributed by atoms with Crippen molar-refractivity contribution in [2.75, 3.05) is 31.5 Å². The van der Waals surface area contributed by atoms with Crippen molar-refractivity contribution in [3.63, 3.8) is 0 Å². The minimum atomic E-state index is -0.481. The quantitative estimate of drug-likeness (QED) is 0.838. The van der Waals surface area contributed by atoms with Crippen LogP contribution in [0.15, 0.2) is 47.7 Å². The number of benzene rings is 2. The fraction of sp³-hybridized carbons (Fsp3) is 0.250. The number of anilines is 1. The third-order valence-electron chi connectivity index (χ3n) is 5.11. The van der Waals surface area contributed by atoms with E-state index in [0.717, 1.165) is 11.3 Å². The van der Waals surface area contributed by atoms with Crippen molar-refractivity contribution in [3.8, 4) is 11.5 Å². The highest BCUT2D eigenvalue weighted by Gasteiger charge is 2.42. The molecule has 0 amide bonds. The molecule has 0 aromatic heterocycles. The van der Waals surface area contributed by atoms with Crippen molar-refractivity contribution in [1.29, 1.82) is 0 Å². The molecule has 3 aliphatic heterocycles. The summed E-state index contributed by atoms with van der Waals surface area (Å²) in [7, 11) is 0. The highest BCUT2D eigenvalue weighted by atomic mass is 19.1. The van der Waals surface area contributed by atoms with Crippen LogP contribution in [0.1, 0.15) is 17.0 Å². The zero-order valence-corrected chi connectivity index (χ0v) is 14.3. The second-order valence-corrected chi connectivity index (χ2v) is 6.56. The summed E-state index contributed by atoms with van der Waals surface area (Å²) in [5, 5.41) is 9.55. The number of nitrogens with zero attached hydrogens (tertiary/aromatic N) is 1. The van der Waals surface area contributed by atoms with Crippen molar-refractivity contribution in [1.82, 2.24) is 0 Å². The SMILES string of the molecule is O=C1OCC2=C1[C@@H](c1cccc(F)c1)c1cc3c(cc1N2CCO)OCO3. The van der Waals surface area contributed by atoms with Crippen LogP contribution in [0.2, 0.25) is 0 Å². The predicted octanol–water partition coefficient (Wildman–Crippen LogP) is 2.31. The first-order valence-electron chi connectivity index (χ1n) is 8.65. The number of ether oxygens (including phenoxy) is 3. The third kappa shape index (κ3) is 2.39. The molecule has 3 heterocycles. The van der Waals surface area contributed by atoms with Gasteiger partial charge in [0.25, 0.3) is 0 Å². The van der Waals surface area contributed by atoms with E-state index in [1.54, 1.807) is 12.1 Å². The average Bonchev–Trinajstić information content (AvgIpc) is 3.27. The van der Waals surface area contributed by atoms with Gasteiger partial charge in [0.15, 0.2) is 11.5 Å². The van der Waals surface area contributed by atoms with Crippen LogP contribution >= 0.6 is 0 Å². The van der Waals surface area contributed by atoms with E-state index < -0.39 is 11.9 Å². The normalized spacial score (nSPS) is 19.9. The number of carbonyl (C=O) groups is 1. The lowest BCUT2D eigenvalue weighted by Crippen LogP contribution is -2.33. The van der Waals surface area contributed by atoms with Gasteiger partial charge in [-0.3, -0.25) is 0 Å². The minimum absolute atomic E-state index is 0.0938. The van der Waals surface area contributed by atoms with Crippen LogP contribution in [-0.2, 0) is 9.53 Å². The summed E-state index contributed by atoms with van der Waals surface area (Å²) >= 11 is 0. The first-order valence-corrected chi connectivity index (χ1v) is 8.65. The van der Waals surface area contributed by atoms with Gasteiger partial charge in [0.2, 0.25) is 6.79 Å². The molecule has 6 nitrogen and oxygen atoms in total. The van der Waals surface area contributed by atoms with Gasteiger partial charge in [0, 0.05) is 24.2 Å². The van der Waals surface area contributed by atoms with Gasteiger partial charge in [-0.15, -0.1) is 0 Å². The van der Waals surface area contributed by atoms with Gasteiger partial charge in [0.05, 0.1) is 17.9 Å². The molecule has 0 bridgehead atoms. The molecule has 7 heteroatoms. The number of fused-ring (bicyclic) bond motifs is 2. The van der Waals surface area contributed by atoms with Crippen LogP contribution in [0, 0.1) is 5.82 Å². The van der Waals surface area contributed by atoms with Gasteiger partial charge in [-0.1, -0.05) is 12.1 Å². The van der Waals surface area contributed by atoms with E-state index in [1.807, 2.05) is 17.0 Å². The van der Waals surface area contributed by atoms with E-state index >= 15 is 0 Å². The summed E-state index contributed by atoms with van der Waals surface area (Å²) in [4.78, 5) is 14.4. The molecular weight excluding hydrogens is 353 g/mol. The summed E-state index contributed by atoms with van der Waals surface area (Å²) in [6, 6.07) is 9.88. The molecule has 27 heavy (non-hydrogen) atoms. The van der Waals surface area contributed by atoms with Crippen molar-refractivity contribution < 1.29 is 28.5 Å². The number of rotatable bonds is 3. The molecule has 1 atom stereocenters. The van der Waals surface area contributed by atoms with E-state index in [0.29, 0.717) is 34.9 Å². The lowest BCUT2D eigenvalue weighted by Gasteiger charge is -2.35. The van der Waals surface area contributed by atoms with Crippen LogP contribution in [0.4, 0.5) is 10.1 Å². The monoisotopic (exact) mass is 369 g/mol. The number of hydrogen-bond donors (Lipinski definition) is 1. The Kier molecular flexibility index (Phi) is 3.58. The van der Waals surface area contributed by atoms with E-state index in [2.05, 4.69) is 0 Å². The average molecular weight is 369 g/mol. The van der Waals surface area contributed by atoms with Crippen molar-refractivity contribution >= 4 is 11.7 Å². The Balaban J connectivity index is 1.77. The van der Waals surface area contributed by atoms with E-state index in [4.69, 9.17) is 14.2 Å². The number of aliphatic hydroxyl groups is 1. The number of halogens is 1. The number of β-amino-alcohol motifs (C(OH)–C–C–N with tert-alkyl or cyclic N) is 1. The first kappa shape index (κ1) is 16.1. The molecule has 0 unspecified atom stereocenters. The Morgan fingerprint density at radius 1 is 1.15 bits per heavy atom. The molecule has 0 saturated heterocycles. The Labute approximate surface area is 154 Å². The Bertz CT molecular complexity index is 986. The highest BCUT2D eigenvalue weighted by molar-refractivity contribution is 5.97. The van der Waals surface area contributed by atoms with Gasteiger partial charge in [-0.05, 0) is 29.3 Å². The zero-order valence-electron chi connectivity index (χ0n) is 14.3. The minimum Gasteiger partial charge on any atom is -0.456 e. The molecule has 0 fully saturated rings. The van der Waals surface area contributed by atoms with Gasteiger partial charge >= 0.3 is 5.97 Å². The molecule has 0 saturated carbocycles. The van der Waals surface area contributed by atoms with Gasteiger partial charge in [0.1, 0.15) is 12.4 Å². The Morgan fingerprint density at radius 2 is 1.96 bits per heavy atom. The maximum atomic E-state index is 13.9. The van der Waals surface area contributed by atoms with Crippen LogP contribution < -0.4 is 14.4 Å². The predicted molar refractivity (Wildman–Crippen MR) is 93.2 cm³/mol. The maximum Gasteiger partial charge on any atom is 0.337 e. The Hall–Kier alpha value is -3.06. The summed E-state index contributed by atoms with van der Waals surface area (Å²) < 4.78 is 30.2. The molecule has 1 N–H and O–H groups in total. The van der Waals surface area contributed by atoms with E-state index in [9.17, 15) is 14.3 Å². The van der Waals surface area contributed by atoms with E-state index in [1.165, 1.54) is 12.1 Å². The van der Waals surface area contributed by atoms with Gasteiger partial charge < -0.3 is 24.2 Å². The van der Waals surface area contributed by atoms with Crippen LogP contribution in [0.25, 0.3) is 0 Å². The summed E-state index contributed by atoms with van der Waals surface area (Å²) in [6.45, 7) is 0.452. The number of hydrogen-bond acceptors (Lipinski definition) is 6. The largest absolute Gasteiger partial charge is 0.456 e. The third-order valence-corrected chi connectivity index (χ3v) is 5.11. The number of esters is 1. The molecule has 5 rings (SSSR count). The maximum absolute atomic E-state index is 13.9. The summed E-state index contributed by atoms with van der Waals surface area (Å²) in [6.07, 6.45) is 0. The standard InChI is InChI=1S/C20H16FNO5/c21-12-3-1-2-11(6-12)18-13-7-16-17(27-10-26-16)8-14(13)22(4-5-23)15-9-25-20(24)19(15)18/h1-3,6-8,18,23H,4-5,9-10H2/t18-/m0/s1. The zero-order chi connectivity index (χ0) is 18.5. The molecule has 2 aromatic carbocycles. The lowest BCUT2D eigenvalue weighted by atomic mass is 9.80. The first-order chi connectivity index (χ1) is 13.2. The fourth-order valence-corrected chi connectivity index (χ4v) is 4.02. The van der Waals surface area contributed by atoms with Crippen molar-refractivity contribution in [2.24, 2.45) is 0 Å². The van der Waals surface area contributed by atoms with Gasteiger partial charge in [-0.25, -0.2) is 9.18 Å². The smallest absolute Gasteiger partial charge is 0.337 e. The molecular formula is C20H16FNO5. The van der Waals surface area contributed by atoms with Crippen LogP contribution in [0.5, 0.6) is 11.5 Å². The summed E-state index contributed by atoms with van der Waals surface area (Å²) in [5.74, 6) is -0.102. The second kappa shape index (κ2) is 5.99. The summed E-state index contributed by atoms with van der Waals surface area (Å²) in [5.41, 5.74) is 3.40. The lowest BCUT2D eigenvalue weighted by molar-refractivity contribution is -0.136. The van der Waals surface area contributed by atoms with Gasteiger partial charge in [-0.2, -0.15) is 0 Å². The van der Waals surface area contributed by atoms with Crippen LogP contribution in [-0.4, -0.2) is 37.6 Å².